The summed E-state index contributed by atoms with van der Waals surface area (Å²) in [6.07, 6.45) is 17.3. The predicted octanol–water partition coefficient (Wildman–Crippen LogP) is 4.60. The molecule has 1 aliphatic heterocycles. The molecule has 11 heteroatoms. The molecule has 1 fully saturated rings. The normalized spacial score (nSPS) is 15.6. The Morgan fingerprint density at radius 1 is 0.826 bits per heavy atom. The van der Waals surface area contributed by atoms with Gasteiger partial charge < -0.3 is 31.1 Å². The van der Waals surface area contributed by atoms with E-state index >= 15 is 0 Å². The van der Waals surface area contributed by atoms with Crippen LogP contribution in [0.5, 0.6) is 5.75 Å². The van der Waals surface area contributed by atoms with E-state index < -0.39 is 42.5 Å². The van der Waals surface area contributed by atoms with Crippen LogP contribution in [0.2, 0.25) is 0 Å². The Kier molecular flexibility index (Phi) is 18.4. The number of likely N-dealkylation sites (tertiary alicyclic amines) is 1. The number of carbonyl (C=O) groups excluding carboxylic acids is 4. The number of phenols is 1. The lowest BCUT2D eigenvalue weighted by Gasteiger charge is -2.27. The maximum absolute atomic E-state index is 13.1. The molecule has 1 aliphatic rings. The topological polar surface area (TPSA) is 165 Å². The first-order valence-corrected chi connectivity index (χ1v) is 17.3. The molecule has 5 N–H and O–H groups in total. The fourth-order valence-electron chi connectivity index (χ4n) is 5.83. The van der Waals surface area contributed by atoms with Gasteiger partial charge in [-0.2, -0.15) is 0 Å². The number of nitrogens with one attached hydrogen (secondary N) is 3. The van der Waals surface area contributed by atoms with Crippen molar-refractivity contribution in [3.05, 3.63) is 29.8 Å². The zero-order valence-electron chi connectivity index (χ0n) is 27.9. The smallest absolute Gasteiger partial charge is 0.326 e. The number of hydrogen-bond donors (Lipinski definition) is 5. The molecule has 0 unspecified atom stereocenters. The van der Waals surface area contributed by atoms with Crippen LogP contribution in [0.3, 0.4) is 0 Å². The highest BCUT2D eigenvalue weighted by Gasteiger charge is 2.36. The van der Waals surface area contributed by atoms with Crippen molar-refractivity contribution in [3.8, 4) is 5.75 Å². The van der Waals surface area contributed by atoms with E-state index in [1.807, 2.05) is 0 Å². The third kappa shape index (κ3) is 15.1. The lowest BCUT2D eigenvalue weighted by atomic mass is 10.0. The molecular weight excluding hydrogens is 588 g/mol. The van der Waals surface area contributed by atoms with Crippen LogP contribution in [0.1, 0.15) is 122 Å². The highest BCUT2D eigenvalue weighted by molar-refractivity contribution is 5.94. The van der Waals surface area contributed by atoms with Crippen LogP contribution in [0.15, 0.2) is 24.3 Å². The minimum atomic E-state index is -1.23. The highest BCUT2D eigenvalue weighted by Crippen LogP contribution is 2.19. The molecule has 3 atom stereocenters. The second kappa shape index (κ2) is 22.0. The number of unbranched alkanes of at least 4 members (excludes halogenated alkanes) is 12. The first-order valence-electron chi connectivity index (χ1n) is 17.3. The summed E-state index contributed by atoms with van der Waals surface area (Å²) in [5.41, 5.74) is 0.611. The number of carbonyl (C=O) groups is 5. The van der Waals surface area contributed by atoms with Crippen LogP contribution in [0.4, 0.5) is 0 Å². The van der Waals surface area contributed by atoms with Crippen molar-refractivity contribution < 1.29 is 34.2 Å². The van der Waals surface area contributed by atoms with Gasteiger partial charge in [0.1, 0.15) is 23.9 Å². The summed E-state index contributed by atoms with van der Waals surface area (Å²) >= 11 is 0. The minimum absolute atomic E-state index is 0.00314. The van der Waals surface area contributed by atoms with E-state index in [0.29, 0.717) is 31.4 Å². The fraction of sp³-hybridized carbons (Fsp3) is 0.686. The second-order valence-corrected chi connectivity index (χ2v) is 12.5. The Morgan fingerprint density at radius 3 is 1.96 bits per heavy atom. The molecule has 0 spiro atoms. The molecule has 0 aliphatic carbocycles. The van der Waals surface area contributed by atoms with Crippen LogP contribution >= 0.6 is 0 Å². The van der Waals surface area contributed by atoms with Gasteiger partial charge in [0.25, 0.3) is 0 Å². The standard InChI is InChI=1S/C35H56N4O7/c1-3-4-5-6-7-8-9-10-11-12-13-14-15-18-31(41)37-26(2)34(44)39-23-16-17-30(39)33(43)36-25-32(42)38-29(35(45)46)24-27-19-21-28(40)22-20-27/h19-22,26,29-30,40H,3-18,23-25H2,1-2H3,(H,36,43)(H,37,41)(H,38,42)(H,45,46)/t26-,29-,30-/m0/s1. The number of nitrogens with zero attached hydrogens (tertiary/aromatic N) is 1. The van der Waals surface area contributed by atoms with Gasteiger partial charge in [-0.05, 0) is 43.9 Å². The number of benzene rings is 1. The SMILES string of the molecule is CCCCCCCCCCCCCCCC(=O)N[C@@H](C)C(=O)N1CCC[C@H]1C(=O)NCC(=O)N[C@@H](Cc1ccc(O)cc1)C(=O)O. The molecular formula is C35H56N4O7. The highest BCUT2D eigenvalue weighted by atomic mass is 16.4. The number of carboxylic acid groups (broad SMARTS) is 1. The lowest BCUT2D eigenvalue weighted by Crippen LogP contribution is -2.54. The first-order chi connectivity index (χ1) is 22.1. The Labute approximate surface area is 274 Å². The van der Waals surface area contributed by atoms with Crippen molar-refractivity contribution in [3.63, 3.8) is 0 Å². The molecule has 0 saturated carbocycles. The summed E-state index contributed by atoms with van der Waals surface area (Å²) in [7, 11) is 0. The van der Waals surface area contributed by atoms with Crippen molar-refractivity contribution in [2.45, 2.75) is 141 Å². The summed E-state index contributed by atoms with van der Waals surface area (Å²) in [6, 6.07) is 3.22. The monoisotopic (exact) mass is 644 g/mol. The Morgan fingerprint density at radius 2 is 1.39 bits per heavy atom. The van der Waals surface area contributed by atoms with Gasteiger partial charge in [-0.15, -0.1) is 0 Å². The summed E-state index contributed by atoms with van der Waals surface area (Å²) in [5.74, 6) is -2.89. The van der Waals surface area contributed by atoms with Gasteiger partial charge in [-0.1, -0.05) is 96.1 Å². The maximum atomic E-state index is 13.1. The van der Waals surface area contributed by atoms with Crippen molar-refractivity contribution in [2.24, 2.45) is 0 Å². The van der Waals surface area contributed by atoms with Gasteiger partial charge in [0.2, 0.25) is 23.6 Å². The van der Waals surface area contributed by atoms with E-state index in [9.17, 15) is 34.2 Å². The number of carboxylic acids is 1. The van der Waals surface area contributed by atoms with Crippen molar-refractivity contribution in [1.29, 1.82) is 0 Å². The van der Waals surface area contributed by atoms with Gasteiger partial charge in [-0.25, -0.2) is 4.79 Å². The van der Waals surface area contributed by atoms with E-state index in [1.54, 1.807) is 19.1 Å². The molecule has 11 nitrogen and oxygen atoms in total. The van der Waals surface area contributed by atoms with Gasteiger partial charge in [-0.3, -0.25) is 19.2 Å². The lowest BCUT2D eigenvalue weighted by molar-refractivity contribution is -0.142. The number of aliphatic carboxylic acids is 1. The molecule has 258 valence electrons. The molecule has 1 aromatic carbocycles. The third-order valence-electron chi connectivity index (χ3n) is 8.53. The molecule has 1 saturated heterocycles. The van der Waals surface area contributed by atoms with Crippen LogP contribution < -0.4 is 16.0 Å². The van der Waals surface area contributed by atoms with Crippen LogP contribution in [0, 0.1) is 0 Å². The Hall–Kier alpha value is -3.63. The molecule has 2 rings (SSSR count). The van der Waals surface area contributed by atoms with Gasteiger partial charge in [0, 0.05) is 19.4 Å². The van der Waals surface area contributed by atoms with E-state index in [2.05, 4.69) is 22.9 Å². The summed E-state index contributed by atoms with van der Waals surface area (Å²) in [5, 5.41) is 26.6. The largest absolute Gasteiger partial charge is 0.508 e. The quantitative estimate of drug-likeness (QED) is 0.109. The minimum Gasteiger partial charge on any atom is -0.508 e. The number of rotatable bonds is 23. The van der Waals surface area contributed by atoms with Gasteiger partial charge >= 0.3 is 5.97 Å². The first kappa shape index (κ1) is 38.6. The molecule has 4 amide bonds. The van der Waals surface area contributed by atoms with Crippen molar-refractivity contribution in [2.75, 3.05) is 13.1 Å². The van der Waals surface area contributed by atoms with E-state index in [1.165, 1.54) is 81.2 Å². The predicted molar refractivity (Wildman–Crippen MR) is 177 cm³/mol. The molecule has 0 radical (unpaired) electrons. The molecule has 1 heterocycles. The zero-order valence-corrected chi connectivity index (χ0v) is 27.9. The third-order valence-corrected chi connectivity index (χ3v) is 8.53. The number of aromatic hydroxyl groups is 1. The Bertz CT molecular complexity index is 1090. The number of phenolic OH excluding ortho intramolecular Hbond substituents is 1. The van der Waals surface area contributed by atoms with Gasteiger partial charge in [0.15, 0.2) is 0 Å². The van der Waals surface area contributed by atoms with Crippen LogP contribution in [-0.4, -0.2) is 75.9 Å². The maximum Gasteiger partial charge on any atom is 0.326 e. The van der Waals surface area contributed by atoms with Crippen LogP contribution in [0.25, 0.3) is 0 Å². The molecule has 46 heavy (non-hydrogen) atoms. The number of hydrogen-bond acceptors (Lipinski definition) is 6. The zero-order chi connectivity index (χ0) is 33.7. The fourth-order valence-corrected chi connectivity index (χ4v) is 5.83. The van der Waals surface area contributed by atoms with Crippen molar-refractivity contribution >= 4 is 29.6 Å². The van der Waals surface area contributed by atoms with Gasteiger partial charge in [0.05, 0.1) is 6.54 Å². The van der Waals surface area contributed by atoms with Crippen LogP contribution in [-0.2, 0) is 30.4 Å². The average molecular weight is 645 g/mol. The molecule has 1 aromatic rings. The summed E-state index contributed by atoms with van der Waals surface area (Å²) < 4.78 is 0. The van der Waals surface area contributed by atoms with E-state index in [0.717, 1.165) is 19.3 Å². The molecule has 0 aromatic heterocycles. The number of amides is 4. The summed E-state index contributed by atoms with van der Waals surface area (Å²) in [4.78, 5) is 64.0. The average Bonchev–Trinajstić information content (AvgIpc) is 3.52. The molecule has 0 bridgehead atoms. The van der Waals surface area contributed by atoms with E-state index in [4.69, 9.17) is 0 Å². The second-order valence-electron chi connectivity index (χ2n) is 12.5. The van der Waals surface area contributed by atoms with Crippen molar-refractivity contribution in [1.82, 2.24) is 20.9 Å². The Balaban J connectivity index is 1.64. The van der Waals surface area contributed by atoms with E-state index in [-0.39, 0.29) is 24.0 Å². The summed E-state index contributed by atoms with van der Waals surface area (Å²) in [6.45, 7) is 3.78.